The van der Waals surface area contributed by atoms with Gasteiger partial charge in [-0.15, -0.1) is 0 Å². The van der Waals surface area contributed by atoms with Gasteiger partial charge in [0.05, 0.1) is 19.8 Å². The lowest BCUT2D eigenvalue weighted by molar-refractivity contribution is -0.265. The van der Waals surface area contributed by atoms with Crippen LogP contribution < -0.4 is 0 Å². The number of aliphatic hydroxyl groups excluding tert-OH is 1. The molecular formula is C21H22F4O3. The highest BCUT2D eigenvalue weighted by molar-refractivity contribution is 5.15. The van der Waals surface area contributed by atoms with Gasteiger partial charge < -0.3 is 14.6 Å². The zero-order valence-electron chi connectivity index (χ0n) is 15.1. The van der Waals surface area contributed by atoms with Crippen LogP contribution in [0.25, 0.3) is 0 Å². The fourth-order valence-corrected chi connectivity index (χ4v) is 2.62. The molecular weight excluding hydrogens is 376 g/mol. The van der Waals surface area contributed by atoms with E-state index in [2.05, 4.69) is 6.58 Å². The van der Waals surface area contributed by atoms with Crippen LogP contribution in [0.4, 0.5) is 17.6 Å². The van der Waals surface area contributed by atoms with Gasteiger partial charge in [0.15, 0.2) is 0 Å². The Morgan fingerprint density at radius 3 is 1.86 bits per heavy atom. The van der Waals surface area contributed by atoms with Crippen molar-refractivity contribution in [3.8, 4) is 0 Å². The van der Waals surface area contributed by atoms with E-state index in [0.29, 0.717) is 5.56 Å². The van der Waals surface area contributed by atoms with Gasteiger partial charge in [-0.1, -0.05) is 67.2 Å². The molecule has 152 valence electrons. The summed E-state index contributed by atoms with van der Waals surface area (Å²) >= 11 is 0. The van der Waals surface area contributed by atoms with Crippen molar-refractivity contribution in [3.05, 3.63) is 84.4 Å². The standard InChI is InChI=1S/C21H22F4O3/c1-2-20(22,21(23,24)25)19(28-14-17-11-7-4-8-12-17)18(26)15-27-13-16-9-5-3-6-10-16/h2-12,18-19,26H,1,13-15H2/t18-,19-,20+/m1/s1. The summed E-state index contributed by atoms with van der Waals surface area (Å²) in [5, 5.41) is 10.3. The second-order valence-electron chi connectivity index (χ2n) is 6.26. The lowest BCUT2D eigenvalue weighted by atomic mass is 9.93. The zero-order chi connectivity index (χ0) is 20.6. The molecule has 0 spiro atoms. The summed E-state index contributed by atoms with van der Waals surface area (Å²) < 4.78 is 65.3. The lowest BCUT2D eigenvalue weighted by Crippen LogP contribution is -2.56. The molecule has 7 heteroatoms. The fraction of sp³-hybridized carbons (Fsp3) is 0.333. The molecule has 3 nitrogen and oxygen atoms in total. The SMILES string of the molecule is C=C[C@](F)([C@H](OCc1ccccc1)[C@H](O)COCc1ccccc1)C(F)(F)F. The number of rotatable bonds is 10. The van der Waals surface area contributed by atoms with Gasteiger partial charge in [-0.25, -0.2) is 4.39 Å². The minimum atomic E-state index is -5.31. The molecule has 28 heavy (non-hydrogen) atoms. The van der Waals surface area contributed by atoms with Gasteiger partial charge >= 0.3 is 6.18 Å². The largest absolute Gasteiger partial charge is 0.428 e. The third-order valence-electron chi connectivity index (χ3n) is 4.17. The molecule has 0 heterocycles. The minimum absolute atomic E-state index is 0.0582. The highest BCUT2D eigenvalue weighted by Gasteiger charge is 2.61. The van der Waals surface area contributed by atoms with E-state index in [4.69, 9.17) is 9.47 Å². The van der Waals surface area contributed by atoms with Crippen molar-refractivity contribution in [2.24, 2.45) is 0 Å². The van der Waals surface area contributed by atoms with Crippen LogP contribution in [0.15, 0.2) is 73.3 Å². The van der Waals surface area contributed by atoms with Gasteiger partial charge in [0.2, 0.25) is 0 Å². The van der Waals surface area contributed by atoms with E-state index in [9.17, 15) is 22.7 Å². The van der Waals surface area contributed by atoms with E-state index in [1.165, 1.54) is 0 Å². The molecule has 0 saturated heterocycles. The summed E-state index contributed by atoms with van der Waals surface area (Å²) in [7, 11) is 0. The minimum Gasteiger partial charge on any atom is -0.388 e. The van der Waals surface area contributed by atoms with Crippen molar-refractivity contribution in [1.82, 2.24) is 0 Å². The molecule has 0 aromatic heterocycles. The number of ether oxygens (including phenoxy) is 2. The van der Waals surface area contributed by atoms with Crippen molar-refractivity contribution >= 4 is 0 Å². The smallest absolute Gasteiger partial charge is 0.388 e. The highest BCUT2D eigenvalue weighted by Crippen LogP contribution is 2.40. The highest BCUT2D eigenvalue weighted by atomic mass is 19.4. The van der Waals surface area contributed by atoms with Crippen LogP contribution in [0.5, 0.6) is 0 Å². The maximum absolute atomic E-state index is 14.8. The molecule has 0 aliphatic carbocycles. The van der Waals surface area contributed by atoms with Crippen LogP contribution >= 0.6 is 0 Å². The van der Waals surface area contributed by atoms with Gasteiger partial charge in [0.1, 0.15) is 12.2 Å². The maximum Gasteiger partial charge on any atom is 0.428 e. The number of aliphatic hydroxyl groups is 1. The maximum atomic E-state index is 14.8. The van der Waals surface area contributed by atoms with Gasteiger partial charge in [0, 0.05) is 0 Å². The molecule has 0 bridgehead atoms. The van der Waals surface area contributed by atoms with E-state index >= 15 is 0 Å². The summed E-state index contributed by atoms with van der Waals surface area (Å²) in [4.78, 5) is 0. The lowest BCUT2D eigenvalue weighted by Gasteiger charge is -2.35. The third-order valence-corrected chi connectivity index (χ3v) is 4.17. The molecule has 0 aliphatic heterocycles. The molecule has 2 aromatic carbocycles. The van der Waals surface area contributed by atoms with Crippen LogP contribution in [-0.2, 0) is 22.7 Å². The Bertz CT molecular complexity index is 721. The van der Waals surface area contributed by atoms with Crippen molar-refractivity contribution in [2.45, 2.75) is 37.3 Å². The molecule has 1 N–H and O–H groups in total. The van der Waals surface area contributed by atoms with Crippen LogP contribution in [0.1, 0.15) is 11.1 Å². The predicted octanol–water partition coefficient (Wildman–Crippen LogP) is 4.61. The third kappa shape index (κ3) is 5.64. The first-order chi connectivity index (χ1) is 13.3. The van der Waals surface area contributed by atoms with E-state index < -0.39 is 30.7 Å². The van der Waals surface area contributed by atoms with Crippen molar-refractivity contribution in [2.75, 3.05) is 6.61 Å². The van der Waals surface area contributed by atoms with Crippen LogP contribution in [0.3, 0.4) is 0 Å². The number of hydrogen-bond donors (Lipinski definition) is 1. The normalized spacial score (nSPS) is 16.2. The molecule has 2 rings (SSSR count). The molecule has 0 amide bonds. The fourth-order valence-electron chi connectivity index (χ4n) is 2.62. The van der Waals surface area contributed by atoms with Crippen LogP contribution in [0.2, 0.25) is 0 Å². The first-order valence-electron chi connectivity index (χ1n) is 8.62. The molecule has 0 unspecified atom stereocenters. The number of benzene rings is 2. The van der Waals surface area contributed by atoms with Crippen LogP contribution in [0, 0.1) is 0 Å². The number of alkyl halides is 4. The Hall–Kier alpha value is -2.22. The van der Waals surface area contributed by atoms with Crippen molar-refractivity contribution in [1.29, 1.82) is 0 Å². The monoisotopic (exact) mass is 398 g/mol. The Balaban J connectivity index is 2.10. The Labute approximate surface area is 161 Å². The summed E-state index contributed by atoms with van der Waals surface area (Å²) in [5.41, 5.74) is -2.63. The first-order valence-corrected chi connectivity index (χ1v) is 8.62. The second kappa shape index (κ2) is 9.82. The van der Waals surface area contributed by atoms with E-state index in [1.807, 2.05) is 0 Å². The van der Waals surface area contributed by atoms with Gasteiger partial charge in [-0.2, -0.15) is 13.2 Å². The summed E-state index contributed by atoms with van der Waals surface area (Å²) in [5.74, 6) is 0. The number of hydrogen-bond acceptors (Lipinski definition) is 3. The van der Waals surface area contributed by atoms with Crippen LogP contribution in [-0.4, -0.2) is 35.8 Å². The Kier molecular flexibility index (Phi) is 7.74. The van der Waals surface area contributed by atoms with Crippen molar-refractivity contribution < 1.29 is 32.1 Å². The number of halogens is 4. The molecule has 2 aromatic rings. The van der Waals surface area contributed by atoms with Gasteiger partial charge in [0.25, 0.3) is 5.67 Å². The zero-order valence-corrected chi connectivity index (χ0v) is 15.1. The topological polar surface area (TPSA) is 38.7 Å². The summed E-state index contributed by atoms with van der Waals surface area (Å²) in [6, 6.07) is 17.2. The summed E-state index contributed by atoms with van der Waals surface area (Å²) in [6.45, 7) is 2.17. The second-order valence-corrected chi connectivity index (χ2v) is 6.26. The first kappa shape index (κ1) is 22.1. The quantitative estimate of drug-likeness (QED) is 0.469. The summed E-state index contributed by atoms with van der Waals surface area (Å²) in [6.07, 6.45) is -9.29. The van der Waals surface area contributed by atoms with Gasteiger partial charge in [-0.05, 0) is 17.2 Å². The average molecular weight is 398 g/mol. The van der Waals surface area contributed by atoms with E-state index in [-0.39, 0.29) is 19.3 Å². The average Bonchev–Trinajstić information content (AvgIpc) is 2.68. The molecule has 0 aliphatic rings. The molecule has 3 atom stereocenters. The Morgan fingerprint density at radius 2 is 1.39 bits per heavy atom. The Morgan fingerprint density at radius 1 is 0.893 bits per heavy atom. The molecule has 0 fully saturated rings. The predicted molar refractivity (Wildman–Crippen MR) is 97.2 cm³/mol. The molecule has 0 radical (unpaired) electrons. The van der Waals surface area contributed by atoms with Crippen molar-refractivity contribution in [3.63, 3.8) is 0 Å². The van der Waals surface area contributed by atoms with E-state index in [1.54, 1.807) is 60.7 Å². The molecule has 0 saturated carbocycles. The van der Waals surface area contributed by atoms with Gasteiger partial charge in [-0.3, -0.25) is 0 Å². The van der Waals surface area contributed by atoms with E-state index in [0.717, 1.165) is 5.56 Å².